The largest absolute Gasteiger partial charge is 0.465 e. The van der Waals surface area contributed by atoms with Crippen molar-refractivity contribution in [2.24, 2.45) is 5.92 Å². The molecule has 0 aromatic carbocycles. The summed E-state index contributed by atoms with van der Waals surface area (Å²) >= 11 is 11.0. The lowest BCUT2D eigenvalue weighted by atomic mass is 10.2. The number of hydrogen-bond acceptors (Lipinski definition) is 4. The maximum absolute atomic E-state index is 11.3. The van der Waals surface area contributed by atoms with E-state index in [-0.39, 0.29) is 11.9 Å². The number of esters is 1. The van der Waals surface area contributed by atoms with E-state index in [4.69, 9.17) is 29.2 Å². The van der Waals surface area contributed by atoms with E-state index in [0.717, 1.165) is 53.7 Å². The van der Waals surface area contributed by atoms with Crippen LogP contribution in [-0.2, 0) is 22.6 Å². The molecule has 6 heteroatoms. The lowest BCUT2D eigenvalue weighted by Crippen LogP contribution is -2.13. The number of nitrogens with zero attached hydrogens (tertiary/aromatic N) is 2. The van der Waals surface area contributed by atoms with Crippen LogP contribution in [0, 0.1) is 22.3 Å². The minimum absolute atomic E-state index is 0.0473. The SMILES string of the molecule is CCn1cc(C)c(=S)n(CCCCCCOC(=O)C(C)C)c1=S. The van der Waals surface area contributed by atoms with E-state index >= 15 is 0 Å². The van der Waals surface area contributed by atoms with Crippen molar-refractivity contribution in [1.29, 1.82) is 0 Å². The average Bonchev–Trinajstić information content (AvgIpc) is 2.52. The molecule has 1 aromatic rings. The molecule has 0 unspecified atom stereocenters. The molecule has 0 aliphatic heterocycles. The molecule has 23 heavy (non-hydrogen) atoms. The number of carbonyl (C=O) groups excluding carboxylic acids is 1. The Labute approximate surface area is 149 Å². The summed E-state index contributed by atoms with van der Waals surface area (Å²) in [6, 6.07) is 0. The fourth-order valence-electron chi connectivity index (χ4n) is 2.29. The van der Waals surface area contributed by atoms with Gasteiger partial charge >= 0.3 is 5.97 Å². The molecule has 0 saturated heterocycles. The van der Waals surface area contributed by atoms with Gasteiger partial charge in [0.2, 0.25) is 0 Å². The monoisotopic (exact) mass is 356 g/mol. The summed E-state index contributed by atoms with van der Waals surface area (Å²) in [6.07, 6.45) is 6.10. The van der Waals surface area contributed by atoms with Crippen molar-refractivity contribution in [3.05, 3.63) is 21.2 Å². The van der Waals surface area contributed by atoms with E-state index in [1.165, 1.54) is 0 Å². The molecule has 0 atom stereocenters. The van der Waals surface area contributed by atoms with Crippen LogP contribution in [0.4, 0.5) is 0 Å². The zero-order valence-corrected chi connectivity index (χ0v) is 16.3. The van der Waals surface area contributed by atoms with E-state index in [0.29, 0.717) is 6.61 Å². The predicted molar refractivity (Wildman–Crippen MR) is 98.8 cm³/mol. The van der Waals surface area contributed by atoms with Gasteiger partial charge in [0, 0.05) is 24.8 Å². The maximum atomic E-state index is 11.3. The summed E-state index contributed by atoms with van der Waals surface area (Å²) in [5, 5.41) is 0. The minimum Gasteiger partial charge on any atom is -0.465 e. The van der Waals surface area contributed by atoms with Gasteiger partial charge in [0.25, 0.3) is 0 Å². The van der Waals surface area contributed by atoms with Gasteiger partial charge in [-0.2, -0.15) is 0 Å². The van der Waals surface area contributed by atoms with Crippen LogP contribution in [0.2, 0.25) is 0 Å². The van der Waals surface area contributed by atoms with Gasteiger partial charge < -0.3 is 13.9 Å². The number of hydrogen-bond donors (Lipinski definition) is 0. The van der Waals surface area contributed by atoms with Gasteiger partial charge in [-0.15, -0.1) is 0 Å². The fraction of sp³-hybridized carbons (Fsp3) is 0.706. The molecule has 0 N–H and O–H groups in total. The molecule has 0 aliphatic carbocycles. The van der Waals surface area contributed by atoms with Gasteiger partial charge in [0.05, 0.1) is 12.5 Å². The second-order valence-electron chi connectivity index (χ2n) is 6.07. The van der Waals surface area contributed by atoms with Crippen LogP contribution in [0.1, 0.15) is 52.0 Å². The second-order valence-corrected chi connectivity index (χ2v) is 6.83. The Morgan fingerprint density at radius 3 is 2.48 bits per heavy atom. The molecule has 0 aliphatic rings. The standard InChI is InChI=1S/C17H28N2O2S2/c1-5-18-12-14(4)15(22)19(17(18)23)10-8-6-7-9-11-21-16(20)13(2)3/h12-13H,5-11H2,1-4H3. The number of unbranched alkanes of at least 4 members (excludes halogenated alkanes) is 3. The van der Waals surface area contributed by atoms with E-state index in [1.807, 2.05) is 27.0 Å². The lowest BCUT2D eigenvalue weighted by molar-refractivity contribution is -0.147. The fourth-order valence-corrected chi connectivity index (χ4v) is 2.94. The molecule has 0 bridgehead atoms. The summed E-state index contributed by atoms with van der Waals surface area (Å²) in [6.45, 7) is 10.0. The molecular formula is C17H28N2O2S2. The van der Waals surface area contributed by atoms with Gasteiger partial charge in [-0.25, -0.2) is 0 Å². The molecule has 1 aromatic heterocycles. The zero-order chi connectivity index (χ0) is 17.4. The first-order valence-electron chi connectivity index (χ1n) is 8.36. The highest BCUT2D eigenvalue weighted by Crippen LogP contribution is 2.09. The maximum Gasteiger partial charge on any atom is 0.308 e. The molecular weight excluding hydrogens is 328 g/mol. The summed E-state index contributed by atoms with van der Waals surface area (Å²) in [5.74, 6) is -0.162. The molecule has 130 valence electrons. The number of ether oxygens (including phenoxy) is 1. The highest BCUT2D eigenvalue weighted by Gasteiger charge is 2.07. The van der Waals surface area contributed by atoms with Crippen LogP contribution in [0.15, 0.2) is 6.20 Å². The Kier molecular flexibility index (Phi) is 8.69. The number of aryl methyl sites for hydroxylation is 2. The Balaban J connectivity index is 2.40. The van der Waals surface area contributed by atoms with E-state index in [9.17, 15) is 4.79 Å². The van der Waals surface area contributed by atoms with Gasteiger partial charge in [-0.05, 0) is 45.3 Å². The third-order valence-electron chi connectivity index (χ3n) is 3.74. The van der Waals surface area contributed by atoms with Crippen molar-refractivity contribution in [1.82, 2.24) is 9.13 Å². The number of carbonyl (C=O) groups is 1. The smallest absolute Gasteiger partial charge is 0.308 e. The van der Waals surface area contributed by atoms with Crippen molar-refractivity contribution in [2.75, 3.05) is 6.61 Å². The second kappa shape index (κ2) is 9.98. The topological polar surface area (TPSA) is 36.2 Å². The van der Waals surface area contributed by atoms with Gasteiger partial charge in [0.1, 0.15) is 4.64 Å². The predicted octanol–water partition coefficient (Wildman–Crippen LogP) is 4.84. The van der Waals surface area contributed by atoms with Gasteiger partial charge in [0.15, 0.2) is 4.77 Å². The Morgan fingerprint density at radius 2 is 1.87 bits per heavy atom. The first kappa shape index (κ1) is 20.0. The molecule has 4 nitrogen and oxygen atoms in total. The van der Waals surface area contributed by atoms with Crippen LogP contribution in [0.3, 0.4) is 0 Å². The van der Waals surface area contributed by atoms with Crippen molar-refractivity contribution in [2.45, 2.75) is 66.5 Å². The van der Waals surface area contributed by atoms with Crippen LogP contribution < -0.4 is 0 Å². The van der Waals surface area contributed by atoms with E-state index in [2.05, 4.69) is 16.1 Å². The highest BCUT2D eigenvalue weighted by molar-refractivity contribution is 7.72. The summed E-state index contributed by atoms with van der Waals surface area (Å²) in [4.78, 5) is 11.3. The average molecular weight is 357 g/mol. The Bertz CT molecular complexity index is 632. The molecule has 0 spiro atoms. The molecule has 1 rings (SSSR count). The summed E-state index contributed by atoms with van der Waals surface area (Å²) in [5.41, 5.74) is 1.09. The zero-order valence-electron chi connectivity index (χ0n) is 14.6. The third kappa shape index (κ3) is 6.18. The molecule has 1 heterocycles. The Hall–Kier alpha value is -1.01. The summed E-state index contributed by atoms with van der Waals surface area (Å²) < 4.78 is 10.9. The van der Waals surface area contributed by atoms with Gasteiger partial charge in [-0.3, -0.25) is 4.79 Å². The minimum atomic E-state index is -0.115. The molecule has 0 radical (unpaired) electrons. The highest BCUT2D eigenvalue weighted by atomic mass is 32.1. The number of rotatable bonds is 9. The quantitative estimate of drug-likeness (QED) is 0.360. The van der Waals surface area contributed by atoms with Gasteiger partial charge in [-0.1, -0.05) is 32.5 Å². The third-order valence-corrected chi connectivity index (χ3v) is 4.74. The van der Waals surface area contributed by atoms with Crippen LogP contribution >= 0.6 is 24.4 Å². The van der Waals surface area contributed by atoms with Crippen LogP contribution in [-0.4, -0.2) is 21.7 Å². The van der Waals surface area contributed by atoms with E-state index < -0.39 is 0 Å². The summed E-state index contributed by atoms with van der Waals surface area (Å²) in [7, 11) is 0. The van der Waals surface area contributed by atoms with Crippen LogP contribution in [0.25, 0.3) is 0 Å². The first-order valence-corrected chi connectivity index (χ1v) is 9.17. The van der Waals surface area contributed by atoms with Crippen molar-refractivity contribution in [3.63, 3.8) is 0 Å². The molecule has 0 amide bonds. The van der Waals surface area contributed by atoms with Crippen molar-refractivity contribution >= 4 is 30.4 Å². The Morgan fingerprint density at radius 1 is 1.22 bits per heavy atom. The normalized spacial score (nSPS) is 11.0. The number of aromatic nitrogens is 2. The molecule has 0 fully saturated rings. The molecule has 0 saturated carbocycles. The van der Waals surface area contributed by atoms with E-state index in [1.54, 1.807) is 0 Å². The first-order chi connectivity index (χ1) is 10.9. The van der Waals surface area contributed by atoms with Crippen molar-refractivity contribution in [3.8, 4) is 0 Å². The lowest BCUT2D eigenvalue weighted by Gasteiger charge is -2.14. The van der Waals surface area contributed by atoms with Crippen molar-refractivity contribution < 1.29 is 9.53 Å². The van der Waals surface area contributed by atoms with Crippen LogP contribution in [0.5, 0.6) is 0 Å².